The number of carbonyl (C=O) groups is 1. The predicted molar refractivity (Wildman–Crippen MR) is 89.1 cm³/mol. The molecule has 0 saturated heterocycles. The Bertz CT molecular complexity index is 434. The highest BCUT2D eigenvalue weighted by Gasteiger charge is 2.23. The minimum absolute atomic E-state index is 0.0193. The van der Waals surface area contributed by atoms with E-state index in [9.17, 15) is 4.79 Å². The molecule has 1 aromatic rings. The summed E-state index contributed by atoms with van der Waals surface area (Å²) < 4.78 is 0. The van der Waals surface area contributed by atoms with Crippen LogP contribution in [0, 0.1) is 0 Å². The van der Waals surface area contributed by atoms with Gasteiger partial charge in [0.25, 0.3) is 5.91 Å². The van der Waals surface area contributed by atoms with Gasteiger partial charge in [0.2, 0.25) is 0 Å². The van der Waals surface area contributed by atoms with E-state index < -0.39 is 0 Å². The fourth-order valence-corrected chi connectivity index (χ4v) is 3.07. The third-order valence-corrected chi connectivity index (χ3v) is 4.39. The maximum atomic E-state index is 12.4. The fraction of sp³-hybridized carbons (Fsp3) is 0.471. The van der Waals surface area contributed by atoms with Crippen LogP contribution in [0.5, 0.6) is 0 Å². The summed E-state index contributed by atoms with van der Waals surface area (Å²) in [6, 6.07) is 10.0. The molecule has 0 bridgehead atoms. The first-order valence-corrected chi connectivity index (χ1v) is 8.25. The summed E-state index contributed by atoms with van der Waals surface area (Å²) in [6.45, 7) is 2.13. The Labute approximate surface area is 132 Å². The van der Waals surface area contributed by atoms with E-state index in [1.54, 1.807) is 18.8 Å². The van der Waals surface area contributed by atoms with Crippen molar-refractivity contribution in [1.82, 2.24) is 5.06 Å². The molecular weight excluding hydrogens is 282 g/mol. The minimum atomic E-state index is -0.104. The number of carbonyl (C=O) groups excluding carboxylic acids is 1. The second-order valence-corrected chi connectivity index (χ2v) is 6.02. The summed E-state index contributed by atoms with van der Waals surface area (Å²) in [5.74, 6) is 0.0193. The smallest absolute Gasteiger partial charge is 0.259 e. The molecule has 1 aromatic carbocycles. The number of allylic oxidation sites excluding steroid dienone is 2. The van der Waals surface area contributed by atoms with Crippen molar-refractivity contribution in [3.63, 3.8) is 0 Å². The number of hydrogen-bond donors (Lipinski definition) is 0. The maximum Gasteiger partial charge on any atom is 0.259 e. The third kappa shape index (κ3) is 6.82. The van der Waals surface area contributed by atoms with E-state index in [-0.39, 0.29) is 11.2 Å². The molecule has 1 atom stereocenters. The Morgan fingerprint density at radius 1 is 1.33 bits per heavy atom. The number of nitrogens with zero attached hydrogens (tertiary/aromatic N) is 1. The molecule has 0 radical (unpaired) electrons. The van der Waals surface area contributed by atoms with Gasteiger partial charge in [0.1, 0.15) is 0 Å². The molecule has 0 aliphatic carbocycles. The molecule has 0 spiro atoms. The van der Waals surface area contributed by atoms with E-state index in [0.717, 1.165) is 30.6 Å². The van der Waals surface area contributed by atoms with Crippen molar-refractivity contribution in [3.05, 3.63) is 42.5 Å². The Morgan fingerprint density at radius 2 is 2.05 bits per heavy atom. The standard InChI is InChI=1S/C17H25NO2S/c1-4-5-6-7-11-14-16(17(19)18(2)20-3)21-15-12-9-8-10-13-15/h5-6,8-10,12-13,16H,4,7,11,14H2,1-3H3/b6-5-. The summed E-state index contributed by atoms with van der Waals surface area (Å²) in [5, 5.41) is 1.22. The fourth-order valence-electron chi connectivity index (χ4n) is 1.89. The lowest BCUT2D eigenvalue weighted by molar-refractivity contribution is -0.168. The number of rotatable bonds is 9. The van der Waals surface area contributed by atoms with Crippen molar-refractivity contribution in [2.45, 2.75) is 42.8 Å². The SMILES string of the molecule is CC/C=C\CCCC(Sc1ccccc1)C(=O)N(C)OC. The summed E-state index contributed by atoms with van der Waals surface area (Å²) in [4.78, 5) is 18.5. The summed E-state index contributed by atoms with van der Waals surface area (Å²) in [7, 11) is 3.18. The zero-order valence-corrected chi connectivity index (χ0v) is 13.9. The largest absolute Gasteiger partial charge is 0.275 e. The summed E-state index contributed by atoms with van der Waals surface area (Å²) >= 11 is 1.61. The van der Waals surface area contributed by atoms with Crippen molar-refractivity contribution in [2.24, 2.45) is 0 Å². The van der Waals surface area contributed by atoms with Gasteiger partial charge in [0.15, 0.2) is 0 Å². The highest BCUT2D eigenvalue weighted by molar-refractivity contribution is 8.00. The van der Waals surface area contributed by atoms with E-state index in [2.05, 4.69) is 19.1 Å². The predicted octanol–water partition coefficient (Wildman–Crippen LogP) is 4.30. The first kappa shape index (κ1) is 17.8. The lowest BCUT2D eigenvalue weighted by Crippen LogP contribution is -2.33. The lowest BCUT2D eigenvalue weighted by Gasteiger charge is -2.21. The number of hydrogen-bond acceptors (Lipinski definition) is 3. The van der Waals surface area contributed by atoms with Gasteiger partial charge in [0.05, 0.1) is 12.4 Å². The first-order chi connectivity index (χ1) is 10.2. The molecule has 0 heterocycles. The molecule has 1 amide bonds. The quantitative estimate of drug-likeness (QED) is 0.295. The maximum absolute atomic E-state index is 12.4. The van der Waals surface area contributed by atoms with Crippen molar-refractivity contribution in [1.29, 1.82) is 0 Å². The number of amides is 1. The second-order valence-electron chi connectivity index (χ2n) is 4.75. The van der Waals surface area contributed by atoms with Gasteiger partial charge in [-0.15, -0.1) is 11.8 Å². The van der Waals surface area contributed by atoms with Crippen molar-refractivity contribution in [2.75, 3.05) is 14.2 Å². The van der Waals surface area contributed by atoms with Crippen LogP contribution in [0.2, 0.25) is 0 Å². The molecule has 3 nitrogen and oxygen atoms in total. The summed E-state index contributed by atoms with van der Waals surface area (Å²) in [6.07, 6.45) is 8.29. The molecule has 0 aliphatic rings. The van der Waals surface area contributed by atoms with Crippen LogP contribution in [0.25, 0.3) is 0 Å². The van der Waals surface area contributed by atoms with Crippen LogP contribution in [0.3, 0.4) is 0 Å². The molecule has 0 saturated carbocycles. The average Bonchev–Trinajstić information content (AvgIpc) is 2.53. The molecule has 0 aliphatic heterocycles. The zero-order valence-electron chi connectivity index (χ0n) is 13.1. The lowest BCUT2D eigenvalue weighted by atomic mass is 10.1. The molecule has 21 heavy (non-hydrogen) atoms. The normalized spacial score (nSPS) is 12.5. The van der Waals surface area contributed by atoms with Gasteiger partial charge in [-0.3, -0.25) is 9.63 Å². The van der Waals surface area contributed by atoms with E-state index in [0.29, 0.717) is 0 Å². The molecule has 0 N–H and O–H groups in total. The van der Waals surface area contributed by atoms with Crippen LogP contribution in [-0.2, 0) is 9.63 Å². The van der Waals surface area contributed by atoms with E-state index in [1.165, 1.54) is 12.2 Å². The van der Waals surface area contributed by atoms with Crippen molar-refractivity contribution >= 4 is 17.7 Å². The monoisotopic (exact) mass is 307 g/mol. The number of hydroxylamine groups is 2. The van der Waals surface area contributed by atoms with E-state index >= 15 is 0 Å². The van der Waals surface area contributed by atoms with Crippen LogP contribution >= 0.6 is 11.8 Å². The van der Waals surface area contributed by atoms with Crippen LogP contribution in [0.15, 0.2) is 47.4 Å². The van der Waals surface area contributed by atoms with Crippen LogP contribution in [0.1, 0.15) is 32.6 Å². The molecule has 1 unspecified atom stereocenters. The molecule has 4 heteroatoms. The molecule has 0 fully saturated rings. The van der Waals surface area contributed by atoms with E-state index in [1.807, 2.05) is 30.3 Å². The minimum Gasteiger partial charge on any atom is -0.275 e. The number of unbranched alkanes of at least 4 members (excludes halogenated alkanes) is 1. The van der Waals surface area contributed by atoms with Gasteiger partial charge in [0, 0.05) is 11.9 Å². The Kier molecular flexibility index (Phi) is 8.87. The highest BCUT2D eigenvalue weighted by Crippen LogP contribution is 2.28. The molecule has 0 aromatic heterocycles. The topological polar surface area (TPSA) is 29.5 Å². The van der Waals surface area contributed by atoms with Crippen LogP contribution in [-0.4, -0.2) is 30.4 Å². The number of benzene rings is 1. The van der Waals surface area contributed by atoms with Crippen LogP contribution in [0.4, 0.5) is 0 Å². The van der Waals surface area contributed by atoms with Crippen molar-refractivity contribution < 1.29 is 9.63 Å². The molecule has 1 rings (SSSR count). The first-order valence-electron chi connectivity index (χ1n) is 7.37. The average molecular weight is 307 g/mol. The number of thioether (sulfide) groups is 1. The van der Waals surface area contributed by atoms with Gasteiger partial charge < -0.3 is 0 Å². The Hall–Kier alpha value is -1.26. The Balaban J connectivity index is 2.61. The third-order valence-electron chi connectivity index (χ3n) is 3.12. The van der Waals surface area contributed by atoms with Crippen molar-refractivity contribution in [3.8, 4) is 0 Å². The van der Waals surface area contributed by atoms with Gasteiger partial charge in [-0.1, -0.05) is 37.3 Å². The van der Waals surface area contributed by atoms with E-state index in [4.69, 9.17) is 4.84 Å². The summed E-state index contributed by atoms with van der Waals surface area (Å²) in [5.41, 5.74) is 0. The van der Waals surface area contributed by atoms with Crippen LogP contribution < -0.4 is 0 Å². The second kappa shape index (κ2) is 10.5. The Morgan fingerprint density at radius 3 is 2.67 bits per heavy atom. The molecule has 116 valence electrons. The molecular formula is C17H25NO2S. The van der Waals surface area contributed by atoms with Gasteiger partial charge in [-0.05, 0) is 37.8 Å². The van der Waals surface area contributed by atoms with Gasteiger partial charge >= 0.3 is 0 Å². The van der Waals surface area contributed by atoms with Gasteiger partial charge in [-0.25, -0.2) is 5.06 Å². The highest BCUT2D eigenvalue weighted by atomic mass is 32.2. The zero-order chi connectivity index (χ0) is 15.5. The van der Waals surface area contributed by atoms with Gasteiger partial charge in [-0.2, -0.15) is 0 Å².